The van der Waals surface area contributed by atoms with Crippen molar-refractivity contribution < 1.29 is 17.9 Å². The fourth-order valence-electron chi connectivity index (χ4n) is 1.85. The van der Waals surface area contributed by atoms with Gasteiger partial charge in [0.2, 0.25) is 0 Å². The number of ether oxygens (including phenoxy) is 1. The van der Waals surface area contributed by atoms with Crippen LogP contribution in [0.5, 0.6) is 5.75 Å². The van der Waals surface area contributed by atoms with Crippen molar-refractivity contribution >= 4 is 17.3 Å². The predicted octanol–water partition coefficient (Wildman–Crippen LogP) is 5.24. The molecule has 22 heavy (non-hydrogen) atoms. The van der Waals surface area contributed by atoms with Gasteiger partial charge in [-0.05, 0) is 47.9 Å². The number of anilines is 1. The summed E-state index contributed by atoms with van der Waals surface area (Å²) in [6, 6.07) is 11.7. The summed E-state index contributed by atoms with van der Waals surface area (Å²) in [6.07, 6.45) is -0.527. The lowest BCUT2D eigenvalue weighted by Crippen LogP contribution is -1.91. The van der Waals surface area contributed by atoms with Gasteiger partial charge in [-0.2, -0.15) is 13.2 Å². The minimum absolute atomic E-state index is 0.00864. The van der Waals surface area contributed by atoms with Crippen LogP contribution < -0.4 is 10.5 Å². The third-order valence-corrected chi connectivity index (χ3v) is 2.99. The van der Waals surface area contributed by atoms with Gasteiger partial charge in [0.1, 0.15) is 5.75 Å². The Labute approximate surface area is 126 Å². The van der Waals surface area contributed by atoms with E-state index in [0.717, 1.165) is 16.7 Å². The molecule has 114 valence electrons. The highest BCUT2D eigenvalue weighted by atomic mass is 19.3. The molecule has 0 saturated heterocycles. The molecule has 0 unspecified atom stereocenters. The van der Waals surface area contributed by atoms with Gasteiger partial charge in [-0.1, -0.05) is 30.3 Å². The highest BCUT2D eigenvalue weighted by molar-refractivity contribution is 5.80. The molecule has 0 radical (unpaired) electrons. The summed E-state index contributed by atoms with van der Waals surface area (Å²) < 4.78 is 41.0. The van der Waals surface area contributed by atoms with Crippen molar-refractivity contribution in [2.45, 2.75) is 6.92 Å². The largest absolute Gasteiger partial charge is 0.428 e. The molecule has 5 heteroatoms. The average molecular weight is 305 g/mol. The Morgan fingerprint density at radius 2 is 1.55 bits per heavy atom. The van der Waals surface area contributed by atoms with Gasteiger partial charge in [-0.3, -0.25) is 0 Å². The summed E-state index contributed by atoms with van der Waals surface area (Å²) in [6.45, 7) is 1.91. The fourth-order valence-corrected chi connectivity index (χ4v) is 1.85. The molecule has 0 atom stereocenters. The lowest BCUT2D eigenvalue weighted by atomic mass is 10.0. The number of halogens is 3. The number of allylic oxidation sites excluding steroid dienone is 1. The van der Waals surface area contributed by atoms with Gasteiger partial charge in [0.15, 0.2) is 0 Å². The van der Waals surface area contributed by atoms with Gasteiger partial charge in [0.25, 0.3) is 0 Å². The van der Waals surface area contributed by atoms with Gasteiger partial charge in [-0.25, -0.2) is 0 Å². The van der Waals surface area contributed by atoms with Crippen LogP contribution in [0.15, 0.2) is 60.6 Å². The molecule has 0 aliphatic rings. The van der Waals surface area contributed by atoms with E-state index in [9.17, 15) is 13.2 Å². The Hall–Kier alpha value is -2.69. The molecule has 0 aliphatic carbocycles. The van der Waals surface area contributed by atoms with Crippen molar-refractivity contribution in [2.24, 2.45) is 0 Å². The SMILES string of the molecule is C/C(=C\c1ccc(N)cc1)c1ccc(OC(F)=C(F)F)cc1. The highest BCUT2D eigenvalue weighted by Gasteiger charge is 2.07. The zero-order valence-corrected chi connectivity index (χ0v) is 11.8. The van der Waals surface area contributed by atoms with E-state index in [1.165, 1.54) is 12.1 Å². The third-order valence-electron chi connectivity index (χ3n) is 2.99. The van der Waals surface area contributed by atoms with E-state index in [-0.39, 0.29) is 5.75 Å². The summed E-state index contributed by atoms with van der Waals surface area (Å²) >= 11 is 0. The summed E-state index contributed by atoms with van der Waals surface area (Å²) in [5, 5.41) is 0. The molecule has 2 aromatic carbocycles. The normalized spacial score (nSPS) is 11.2. The summed E-state index contributed by atoms with van der Waals surface area (Å²) in [4.78, 5) is 0. The molecular formula is C17H14F3NO. The zero-order chi connectivity index (χ0) is 16.1. The number of rotatable bonds is 4. The van der Waals surface area contributed by atoms with E-state index in [1.54, 1.807) is 24.3 Å². The minimum atomic E-state index is -2.48. The van der Waals surface area contributed by atoms with Crippen LogP contribution in [0.4, 0.5) is 18.9 Å². The molecule has 0 aliphatic heterocycles. The van der Waals surface area contributed by atoms with Crippen LogP contribution in [-0.4, -0.2) is 0 Å². The predicted molar refractivity (Wildman–Crippen MR) is 81.8 cm³/mol. The second kappa shape index (κ2) is 6.85. The first-order valence-corrected chi connectivity index (χ1v) is 6.48. The van der Waals surface area contributed by atoms with Crippen molar-refractivity contribution in [3.63, 3.8) is 0 Å². The number of benzene rings is 2. The smallest absolute Gasteiger partial charge is 0.344 e. The number of nitrogens with two attached hydrogens (primary N) is 1. The molecule has 0 heterocycles. The molecular weight excluding hydrogens is 291 g/mol. The maximum atomic E-state index is 12.7. The van der Waals surface area contributed by atoms with Crippen LogP contribution in [0, 0.1) is 0 Å². The third kappa shape index (κ3) is 4.15. The molecule has 0 amide bonds. The lowest BCUT2D eigenvalue weighted by molar-refractivity contribution is 0.241. The molecule has 2 nitrogen and oxygen atoms in total. The zero-order valence-electron chi connectivity index (χ0n) is 11.8. The lowest BCUT2D eigenvalue weighted by Gasteiger charge is -2.05. The van der Waals surface area contributed by atoms with Crippen molar-refractivity contribution in [1.29, 1.82) is 0 Å². The topological polar surface area (TPSA) is 35.2 Å². The first-order valence-electron chi connectivity index (χ1n) is 6.48. The van der Waals surface area contributed by atoms with Crippen LogP contribution in [0.3, 0.4) is 0 Å². The Kier molecular flexibility index (Phi) is 4.88. The molecule has 2 N–H and O–H groups in total. The molecule has 2 rings (SSSR count). The summed E-state index contributed by atoms with van der Waals surface area (Å²) in [5.41, 5.74) is 9.13. The molecule has 0 bridgehead atoms. The van der Waals surface area contributed by atoms with Gasteiger partial charge >= 0.3 is 12.1 Å². The van der Waals surface area contributed by atoms with Crippen LogP contribution in [0.1, 0.15) is 18.1 Å². The fraction of sp³-hybridized carbons (Fsp3) is 0.0588. The highest BCUT2D eigenvalue weighted by Crippen LogP contribution is 2.23. The molecule has 2 aromatic rings. The average Bonchev–Trinajstić information content (AvgIpc) is 2.50. The maximum absolute atomic E-state index is 12.7. The maximum Gasteiger partial charge on any atom is 0.344 e. The van der Waals surface area contributed by atoms with E-state index in [0.29, 0.717) is 5.69 Å². The minimum Gasteiger partial charge on any atom is -0.428 e. The van der Waals surface area contributed by atoms with Crippen molar-refractivity contribution in [3.05, 3.63) is 71.8 Å². The second-order valence-electron chi connectivity index (χ2n) is 4.65. The summed E-state index contributed by atoms with van der Waals surface area (Å²) in [5.74, 6) is 0.00864. The number of hydrogen-bond donors (Lipinski definition) is 1. The number of nitrogen functional groups attached to an aromatic ring is 1. The van der Waals surface area contributed by atoms with Crippen LogP contribution in [0.25, 0.3) is 11.6 Å². The monoisotopic (exact) mass is 305 g/mol. The van der Waals surface area contributed by atoms with E-state index in [2.05, 4.69) is 4.74 Å². The standard InChI is InChI=1S/C17H14F3NO/c1-11(10-12-2-6-14(21)7-3-12)13-4-8-15(9-5-13)22-17(20)16(18)19/h2-10H,21H2,1H3/b11-10+. The quantitative estimate of drug-likeness (QED) is 0.476. The Morgan fingerprint density at radius 3 is 2.09 bits per heavy atom. The first kappa shape index (κ1) is 15.7. The van der Waals surface area contributed by atoms with Crippen molar-refractivity contribution in [3.8, 4) is 5.75 Å². The Balaban J connectivity index is 2.16. The van der Waals surface area contributed by atoms with Crippen molar-refractivity contribution in [2.75, 3.05) is 5.73 Å². The molecule has 0 aromatic heterocycles. The molecule has 0 spiro atoms. The number of hydrogen-bond acceptors (Lipinski definition) is 2. The van der Waals surface area contributed by atoms with E-state index < -0.39 is 12.1 Å². The van der Waals surface area contributed by atoms with Crippen LogP contribution in [-0.2, 0) is 0 Å². The van der Waals surface area contributed by atoms with Gasteiger partial charge in [-0.15, -0.1) is 0 Å². The molecule has 0 fully saturated rings. The Bertz CT molecular complexity index is 700. The van der Waals surface area contributed by atoms with Gasteiger partial charge < -0.3 is 10.5 Å². The Morgan fingerprint density at radius 1 is 0.955 bits per heavy atom. The summed E-state index contributed by atoms with van der Waals surface area (Å²) in [7, 11) is 0. The van der Waals surface area contributed by atoms with Crippen LogP contribution in [0.2, 0.25) is 0 Å². The first-order chi connectivity index (χ1) is 10.5. The van der Waals surface area contributed by atoms with E-state index >= 15 is 0 Å². The van der Waals surface area contributed by atoms with E-state index in [1.807, 2.05) is 25.1 Å². The van der Waals surface area contributed by atoms with E-state index in [4.69, 9.17) is 5.73 Å². The second-order valence-corrected chi connectivity index (χ2v) is 4.65. The molecule has 0 saturated carbocycles. The van der Waals surface area contributed by atoms with Gasteiger partial charge in [0.05, 0.1) is 0 Å². The van der Waals surface area contributed by atoms with Gasteiger partial charge in [0, 0.05) is 5.69 Å². The van der Waals surface area contributed by atoms with Crippen LogP contribution >= 0.6 is 0 Å². The van der Waals surface area contributed by atoms with Crippen molar-refractivity contribution in [1.82, 2.24) is 0 Å².